The fourth-order valence-corrected chi connectivity index (χ4v) is 5.64. The number of halogens is 7. The van der Waals surface area contributed by atoms with Crippen molar-refractivity contribution < 1.29 is 43.9 Å². The molecular weight excluding hydrogens is 597 g/mol. The van der Waals surface area contributed by atoms with E-state index in [-0.39, 0.29) is 42.5 Å². The lowest BCUT2D eigenvalue weighted by molar-refractivity contribution is -0.154. The number of aryl methyl sites for hydroxylation is 2. The van der Waals surface area contributed by atoms with Gasteiger partial charge in [0.2, 0.25) is 21.9 Å². The molecule has 228 valence electrons. The van der Waals surface area contributed by atoms with E-state index in [9.17, 15) is 39.2 Å². The molecule has 1 aromatic heterocycles. The first kappa shape index (κ1) is 31.2. The first-order valence-corrected chi connectivity index (χ1v) is 13.9. The second-order valence-corrected chi connectivity index (χ2v) is 11.5. The van der Waals surface area contributed by atoms with Crippen molar-refractivity contribution in [3.05, 3.63) is 58.9 Å². The summed E-state index contributed by atoms with van der Waals surface area (Å²) in [4.78, 5) is 11.6. The van der Waals surface area contributed by atoms with Gasteiger partial charge >= 0.3 is 18.4 Å². The molecule has 1 saturated heterocycles. The van der Waals surface area contributed by atoms with Gasteiger partial charge in [0.25, 0.3) is 0 Å². The number of sulfonamides is 1. The number of nitrogens with zero attached hydrogens (tertiary/aromatic N) is 4. The van der Waals surface area contributed by atoms with Gasteiger partial charge in [-0.2, -0.15) is 45.6 Å². The number of ether oxygens (including phenoxy) is 1. The number of rotatable bonds is 8. The van der Waals surface area contributed by atoms with Gasteiger partial charge in [0.15, 0.2) is 6.61 Å². The van der Waals surface area contributed by atoms with Gasteiger partial charge in [-0.05, 0) is 68.1 Å². The molecule has 0 bridgehead atoms. The summed E-state index contributed by atoms with van der Waals surface area (Å²) >= 11 is 0. The molecule has 2 N–H and O–H groups in total. The summed E-state index contributed by atoms with van der Waals surface area (Å²) in [6.45, 7) is 2.16. The molecule has 9 nitrogen and oxygen atoms in total. The third-order valence-corrected chi connectivity index (χ3v) is 8.31. The van der Waals surface area contributed by atoms with Crippen molar-refractivity contribution in [1.29, 1.82) is 0 Å². The van der Waals surface area contributed by atoms with Gasteiger partial charge in [0.05, 0.1) is 10.5 Å². The van der Waals surface area contributed by atoms with Crippen molar-refractivity contribution in [3.63, 3.8) is 0 Å². The van der Waals surface area contributed by atoms with Gasteiger partial charge in [0.1, 0.15) is 5.82 Å². The Morgan fingerprint density at radius 2 is 1.60 bits per heavy atom. The van der Waals surface area contributed by atoms with E-state index in [0.717, 1.165) is 17.2 Å². The van der Waals surface area contributed by atoms with Crippen molar-refractivity contribution in [3.8, 4) is 6.01 Å². The zero-order valence-electron chi connectivity index (χ0n) is 22.1. The molecule has 2 heterocycles. The highest BCUT2D eigenvalue weighted by Gasteiger charge is 2.35. The van der Waals surface area contributed by atoms with Crippen LogP contribution in [0, 0.1) is 19.7 Å². The second-order valence-electron chi connectivity index (χ2n) is 9.56. The predicted octanol–water partition coefficient (Wildman–Crippen LogP) is 5.60. The maximum atomic E-state index is 13.7. The number of piperidine rings is 1. The van der Waals surface area contributed by atoms with Crippen LogP contribution in [0.1, 0.15) is 29.5 Å². The second kappa shape index (κ2) is 11.9. The Hall–Kier alpha value is -3.73. The van der Waals surface area contributed by atoms with E-state index in [1.54, 1.807) is 19.1 Å². The molecule has 4 rings (SSSR count). The molecule has 0 amide bonds. The summed E-state index contributed by atoms with van der Waals surface area (Å²) < 4.78 is 123. The topological polar surface area (TPSA) is 109 Å². The Morgan fingerprint density at radius 1 is 0.929 bits per heavy atom. The van der Waals surface area contributed by atoms with Crippen LogP contribution >= 0.6 is 0 Å². The summed E-state index contributed by atoms with van der Waals surface area (Å²) in [6.07, 6.45) is -9.18. The normalized spacial score (nSPS) is 15.5. The summed E-state index contributed by atoms with van der Waals surface area (Å²) in [7, 11) is -3.76. The first-order chi connectivity index (χ1) is 19.5. The van der Waals surface area contributed by atoms with E-state index in [1.807, 2.05) is 6.92 Å². The Balaban J connectivity index is 1.51. The van der Waals surface area contributed by atoms with Crippen molar-refractivity contribution in [2.75, 3.05) is 30.3 Å². The molecule has 1 aliphatic heterocycles. The summed E-state index contributed by atoms with van der Waals surface area (Å²) in [6, 6.07) is 5.63. The molecule has 0 spiro atoms. The maximum absolute atomic E-state index is 13.7. The van der Waals surface area contributed by atoms with Crippen molar-refractivity contribution in [1.82, 2.24) is 19.3 Å². The highest BCUT2D eigenvalue weighted by molar-refractivity contribution is 7.89. The summed E-state index contributed by atoms with van der Waals surface area (Å²) in [5, 5.41) is 5.29. The van der Waals surface area contributed by atoms with Gasteiger partial charge in [-0.3, -0.25) is 0 Å². The Bertz CT molecular complexity index is 1540. The predicted molar refractivity (Wildman–Crippen MR) is 137 cm³/mol. The number of hydrogen-bond donors (Lipinski definition) is 2. The fourth-order valence-electron chi connectivity index (χ4n) is 4.08. The average Bonchev–Trinajstić information content (AvgIpc) is 2.89. The third-order valence-electron chi connectivity index (χ3n) is 6.41. The number of aromatic nitrogens is 3. The van der Waals surface area contributed by atoms with E-state index in [4.69, 9.17) is 0 Å². The highest BCUT2D eigenvalue weighted by atomic mass is 32.2. The molecular formula is C25H25F7N6O3S. The molecule has 17 heteroatoms. The SMILES string of the molecule is Cc1ccc(S(=O)(=O)N2CCC(Nc3nc(Nc4ccc(F)c(C(F)(F)F)c4)nc(OCC(F)(F)F)n3)CC2)cc1C. The Morgan fingerprint density at radius 3 is 2.21 bits per heavy atom. The van der Waals surface area contributed by atoms with Crippen LogP contribution in [0.3, 0.4) is 0 Å². The minimum atomic E-state index is -5.00. The largest absolute Gasteiger partial charge is 0.454 e. The molecule has 0 aliphatic carbocycles. The van der Waals surface area contributed by atoms with Gasteiger partial charge in [-0.25, -0.2) is 12.8 Å². The van der Waals surface area contributed by atoms with E-state index >= 15 is 0 Å². The smallest absolute Gasteiger partial charge is 0.422 e. The lowest BCUT2D eigenvalue weighted by atomic mass is 10.1. The van der Waals surface area contributed by atoms with Gasteiger partial charge in [-0.15, -0.1) is 0 Å². The van der Waals surface area contributed by atoms with Crippen LogP contribution in [-0.4, -0.2) is 59.6 Å². The molecule has 0 saturated carbocycles. The lowest BCUT2D eigenvalue weighted by Gasteiger charge is -2.31. The molecule has 0 atom stereocenters. The molecule has 42 heavy (non-hydrogen) atoms. The van der Waals surface area contributed by atoms with Gasteiger partial charge < -0.3 is 15.4 Å². The third kappa shape index (κ3) is 7.76. The van der Waals surface area contributed by atoms with Crippen molar-refractivity contribution in [2.24, 2.45) is 0 Å². The quantitative estimate of drug-likeness (QED) is 0.313. The van der Waals surface area contributed by atoms with Crippen LogP contribution in [0.4, 0.5) is 48.3 Å². The molecule has 0 radical (unpaired) electrons. The van der Waals surface area contributed by atoms with Crippen LogP contribution < -0.4 is 15.4 Å². The molecule has 2 aromatic carbocycles. The standard InChI is InChI=1S/C25H25F7N6O3S/c1-14-3-5-18(11-15(14)2)42(39,40)38-9-7-16(8-10-38)33-21-35-22(37-23(36-21)41-13-24(27,28)29)34-17-4-6-20(26)19(12-17)25(30,31)32/h3-6,11-12,16H,7-10,13H2,1-2H3,(H2,33,34,35,36,37). The number of alkyl halides is 6. The molecule has 1 aliphatic rings. The zero-order valence-corrected chi connectivity index (χ0v) is 23.0. The summed E-state index contributed by atoms with van der Waals surface area (Å²) in [5.74, 6) is -2.26. The van der Waals surface area contributed by atoms with E-state index in [2.05, 4.69) is 30.3 Å². The Kier molecular flexibility index (Phi) is 8.82. The highest BCUT2D eigenvalue weighted by Crippen LogP contribution is 2.34. The first-order valence-electron chi connectivity index (χ1n) is 12.4. The fraction of sp³-hybridized carbons (Fsp3) is 0.400. The molecule has 0 unspecified atom stereocenters. The molecule has 3 aromatic rings. The molecule has 1 fully saturated rings. The van der Waals surface area contributed by atoms with Crippen molar-refractivity contribution in [2.45, 2.75) is 50.0 Å². The summed E-state index contributed by atoms with van der Waals surface area (Å²) in [5.41, 5.74) is -0.101. The number of anilines is 3. The van der Waals surface area contributed by atoms with Crippen LogP contribution in [0.2, 0.25) is 0 Å². The van der Waals surface area contributed by atoms with Crippen LogP contribution in [-0.2, 0) is 16.2 Å². The average molecular weight is 623 g/mol. The van der Waals surface area contributed by atoms with Crippen LogP contribution in [0.25, 0.3) is 0 Å². The van der Waals surface area contributed by atoms with Crippen LogP contribution in [0.15, 0.2) is 41.3 Å². The van der Waals surface area contributed by atoms with Gasteiger partial charge in [0, 0.05) is 24.8 Å². The minimum Gasteiger partial charge on any atom is -0.454 e. The van der Waals surface area contributed by atoms with Gasteiger partial charge in [-0.1, -0.05) is 6.07 Å². The Labute approximate surface area is 236 Å². The number of nitrogens with one attached hydrogen (secondary N) is 2. The van der Waals surface area contributed by atoms with E-state index < -0.39 is 58.4 Å². The monoisotopic (exact) mass is 622 g/mol. The lowest BCUT2D eigenvalue weighted by Crippen LogP contribution is -2.42. The van der Waals surface area contributed by atoms with E-state index in [0.29, 0.717) is 12.1 Å². The number of hydrogen-bond acceptors (Lipinski definition) is 8. The zero-order chi connectivity index (χ0) is 30.9. The van der Waals surface area contributed by atoms with Crippen LogP contribution in [0.5, 0.6) is 6.01 Å². The van der Waals surface area contributed by atoms with Crippen molar-refractivity contribution >= 4 is 27.6 Å². The number of benzene rings is 2. The van der Waals surface area contributed by atoms with E-state index in [1.165, 1.54) is 10.4 Å². The minimum absolute atomic E-state index is 0.121. The maximum Gasteiger partial charge on any atom is 0.422 e.